The van der Waals surface area contributed by atoms with E-state index in [4.69, 9.17) is 27.9 Å². The third-order valence-electron chi connectivity index (χ3n) is 4.80. The van der Waals surface area contributed by atoms with Crippen LogP contribution in [0.2, 0.25) is 10.0 Å². The number of nitrogens with zero attached hydrogens (tertiary/aromatic N) is 1. The van der Waals surface area contributed by atoms with E-state index in [2.05, 4.69) is 32.8 Å². The van der Waals surface area contributed by atoms with Crippen LogP contribution in [-0.2, 0) is 4.79 Å². The van der Waals surface area contributed by atoms with Crippen LogP contribution in [0.3, 0.4) is 0 Å². The molecular formula is C24H21Cl2N5O3. The van der Waals surface area contributed by atoms with E-state index in [-0.39, 0.29) is 28.0 Å². The van der Waals surface area contributed by atoms with E-state index in [0.29, 0.717) is 34.4 Å². The Morgan fingerprint density at radius 3 is 2.50 bits per heavy atom. The van der Waals surface area contributed by atoms with Gasteiger partial charge in [-0.3, -0.25) is 4.79 Å². The largest absolute Gasteiger partial charge is 0.456 e. The predicted molar refractivity (Wildman–Crippen MR) is 135 cm³/mol. The minimum Gasteiger partial charge on any atom is -0.456 e. The lowest BCUT2D eigenvalue weighted by molar-refractivity contribution is -0.111. The number of aromatic nitrogens is 1. The van der Waals surface area contributed by atoms with Crippen molar-refractivity contribution in [2.24, 2.45) is 0 Å². The molecule has 1 heterocycles. The van der Waals surface area contributed by atoms with Crippen molar-refractivity contribution >= 4 is 58.0 Å². The van der Waals surface area contributed by atoms with E-state index in [0.717, 1.165) is 12.8 Å². The van der Waals surface area contributed by atoms with Crippen molar-refractivity contribution in [3.05, 3.63) is 77.4 Å². The first-order chi connectivity index (χ1) is 16.4. The van der Waals surface area contributed by atoms with Gasteiger partial charge >= 0.3 is 6.03 Å². The van der Waals surface area contributed by atoms with E-state index >= 15 is 0 Å². The molecule has 0 aliphatic heterocycles. The van der Waals surface area contributed by atoms with Crippen molar-refractivity contribution in [1.82, 2.24) is 10.3 Å². The molecule has 8 nitrogen and oxygen atoms in total. The Morgan fingerprint density at radius 2 is 1.76 bits per heavy atom. The van der Waals surface area contributed by atoms with E-state index in [1.165, 1.54) is 6.08 Å². The topological polar surface area (TPSA) is 104 Å². The molecule has 4 rings (SSSR count). The highest BCUT2D eigenvalue weighted by Gasteiger charge is 2.24. The number of anilines is 4. The molecule has 3 aromatic rings. The molecule has 0 spiro atoms. The number of pyridine rings is 1. The fourth-order valence-electron chi connectivity index (χ4n) is 2.97. The summed E-state index contributed by atoms with van der Waals surface area (Å²) in [7, 11) is 0. The van der Waals surface area contributed by atoms with Crippen LogP contribution in [0.25, 0.3) is 0 Å². The van der Waals surface area contributed by atoms with Gasteiger partial charge in [-0.25, -0.2) is 9.78 Å². The van der Waals surface area contributed by atoms with Crippen LogP contribution in [0.15, 0.2) is 67.4 Å². The van der Waals surface area contributed by atoms with Crippen molar-refractivity contribution < 1.29 is 14.3 Å². The number of urea groups is 1. The number of hydrogen-bond acceptors (Lipinski definition) is 5. The van der Waals surface area contributed by atoms with Crippen LogP contribution in [0.1, 0.15) is 12.8 Å². The van der Waals surface area contributed by atoms with E-state index < -0.39 is 0 Å². The first kappa shape index (κ1) is 23.4. The molecular weight excluding hydrogens is 477 g/mol. The van der Waals surface area contributed by atoms with Gasteiger partial charge in [0.15, 0.2) is 0 Å². The van der Waals surface area contributed by atoms with Gasteiger partial charge in [-0.05, 0) is 49.2 Å². The number of hydrogen-bond donors (Lipinski definition) is 4. The van der Waals surface area contributed by atoms with E-state index in [9.17, 15) is 9.59 Å². The fraction of sp³-hybridized carbons (Fsp3) is 0.125. The maximum atomic E-state index is 12.0. The van der Waals surface area contributed by atoms with Crippen LogP contribution in [0.5, 0.6) is 11.5 Å². The average Bonchev–Trinajstić information content (AvgIpc) is 3.64. The molecule has 2 aromatic carbocycles. The number of halogens is 2. The molecule has 0 atom stereocenters. The summed E-state index contributed by atoms with van der Waals surface area (Å²) in [5.74, 6) is 0.926. The standard InChI is InChI=1S/C24H21Cl2N5O3/c1-2-21(32)30-17-6-4-3-5-16(17)29-20-13-15(11-12-27-20)34-19-10-9-18(22(25)23(19)26)31-24(33)28-14-7-8-14/h2-6,9-14H,1,7-8H2,(H,27,29)(H,30,32)(H2,28,31,33). The van der Waals surface area contributed by atoms with Crippen molar-refractivity contribution in [2.75, 3.05) is 16.0 Å². The third kappa shape index (κ3) is 5.98. The van der Waals surface area contributed by atoms with Gasteiger partial charge in [0.25, 0.3) is 0 Å². The number of para-hydroxylation sites is 2. The Balaban J connectivity index is 1.47. The second kappa shape index (κ2) is 10.5. The first-order valence-electron chi connectivity index (χ1n) is 10.4. The lowest BCUT2D eigenvalue weighted by atomic mass is 10.2. The van der Waals surface area contributed by atoms with Crippen LogP contribution in [0.4, 0.5) is 27.7 Å². The highest BCUT2D eigenvalue weighted by atomic mass is 35.5. The van der Waals surface area contributed by atoms with Gasteiger partial charge < -0.3 is 26.0 Å². The predicted octanol–water partition coefficient (Wildman–Crippen LogP) is 6.33. The molecule has 1 aromatic heterocycles. The second-order valence-electron chi connectivity index (χ2n) is 7.45. The number of amides is 3. The van der Waals surface area contributed by atoms with Crippen LogP contribution >= 0.6 is 23.2 Å². The van der Waals surface area contributed by atoms with Crippen LogP contribution < -0.4 is 26.0 Å². The summed E-state index contributed by atoms with van der Waals surface area (Å²) in [4.78, 5) is 28.0. The molecule has 0 unspecified atom stereocenters. The Labute approximate surface area is 206 Å². The number of ether oxygens (including phenoxy) is 1. The Hall–Kier alpha value is -3.75. The number of nitrogens with one attached hydrogen (secondary N) is 4. The van der Waals surface area contributed by atoms with Gasteiger partial charge in [0.05, 0.1) is 22.1 Å². The summed E-state index contributed by atoms with van der Waals surface area (Å²) < 4.78 is 5.91. The average molecular weight is 498 g/mol. The summed E-state index contributed by atoms with van der Waals surface area (Å²) >= 11 is 12.7. The summed E-state index contributed by atoms with van der Waals surface area (Å²) in [5.41, 5.74) is 1.60. The zero-order valence-corrected chi connectivity index (χ0v) is 19.4. The Bertz CT molecular complexity index is 1250. The zero-order chi connectivity index (χ0) is 24.1. The monoisotopic (exact) mass is 497 g/mol. The minimum atomic E-state index is -0.330. The Morgan fingerprint density at radius 1 is 1.00 bits per heavy atom. The first-order valence-corrected chi connectivity index (χ1v) is 11.2. The number of carbonyl (C=O) groups excluding carboxylic acids is 2. The Kier molecular flexibility index (Phi) is 7.20. The summed E-state index contributed by atoms with van der Waals surface area (Å²) in [5, 5.41) is 11.7. The van der Waals surface area contributed by atoms with Gasteiger partial charge in [0, 0.05) is 18.3 Å². The quantitative estimate of drug-likeness (QED) is 0.272. The van der Waals surface area contributed by atoms with E-state index in [1.807, 2.05) is 6.07 Å². The molecule has 1 fully saturated rings. The lowest BCUT2D eigenvalue weighted by Crippen LogP contribution is -2.30. The van der Waals surface area contributed by atoms with Gasteiger partial charge in [-0.2, -0.15) is 0 Å². The molecule has 4 N–H and O–H groups in total. The highest BCUT2D eigenvalue weighted by molar-refractivity contribution is 6.44. The van der Waals surface area contributed by atoms with Gasteiger partial charge in [0.1, 0.15) is 22.3 Å². The van der Waals surface area contributed by atoms with E-state index in [1.54, 1.807) is 48.7 Å². The summed E-state index contributed by atoms with van der Waals surface area (Å²) in [6.07, 6.45) is 4.72. The molecule has 1 aliphatic rings. The van der Waals surface area contributed by atoms with Crippen molar-refractivity contribution in [3.63, 3.8) is 0 Å². The highest BCUT2D eigenvalue weighted by Crippen LogP contribution is 2.40. The summed E-state index contributed by atoms with van der Waals surface area (Å²) in [6.45, 7) is 3.46. The molecule has 1 saturated carbocycles. The van der Waals surface area contributed by atoms with Crippen LogP contribution in [0, 0.1) is 0 Å². The maximum absolute atomic E-state index is 12.0. The number of rotatable bonds is 8. The SMILES string of the molecule is C=CC(=O)Nc1ccccc1Nc1cc(Oc2ccc(NC(=O)NC3CC3)c(Cl)c2Cl)ccn1. The molecule has 3 amide bonds. The molecule has 34 heavy (non-hydrogen) atoms. The molecule has 0 radical (unpaired) electrons. The second-order valence-corrected chi connectivity index (χ2v) is 8.21. The van der Waals surface area contributed by atoms with Crippen LogP contribution in [-0.4, -0.2) is 23.0 Å². The molecule has 0 saturated heterocycles. The number of carbonyl (C=O) groups is 2. The van der Waals surface area contributed by atoms with Gasteiger partial charge in [0.2, 0.25) is 5.91 Å². The fourth-order valence-corrected chi connectivity index (χ4v) is 3.38. The summed E-state index contributed by atoms with van der Waals surface area (Å²) in [6, 6.07) is 13.7. The van der Waals surface area contributed by atoms with Gasteiger partial charge in [-0.15, -0.1) is 0 Å². The molecule has 1 aliphatic carbocycles. The lowest BCUT2D eigenvalue weighted by Gasteiger charge is -2.14. The minimum absolute atomic E-state index is 0.162. The third-order valence-corrected chi connectivity index (χ3v) is 5.66. The number of benzene rings is 2. The van der Waals surface area contributed by atoms with Crippen molar-refractivity contribution in [1.29, 1.82) is 0 Å². The molecule has 174 valence electrons. The van der Waals surface area contributed by atoms with Gasteiger partial charge in [-0.1, -0.05) is 41.9 Å². The smallest absolute Gasteiger partial charge is 0.319 e. The normalized spacial score (nSPS) is 12.4. The molecule has 0 bridgehead atoms. The van der Waals surface area contributed by atoms with Crippen molar-refractivity contribution in [3.8, 4) is 11.5 Å². The van der Waals surface area contributed by atoms with Crippen molar-refractivity contribution in [2.45, 2.75) is 18.9 Å². The zero-order valence-electron chi connectivity index (χ0n) is 17.9. The maximum Gasteiger partial charge on any atom is 0.319 e. The molecule has 10 heteroatoms.